The van der Waals surface area contributed by atoms with Crippen LogP contribution in [-0.4, -0.2) is 42.1 Å². The van der Waals surface area contributed by atoms with Gasteiger partial charge in [0.15, 0.2) is 0 Å². The van der Waals surface area contributed by atoms with Gasteiger partial charge in [-0.05, 0) is 50.2 Å². The Kier molecular flexibility index (Phi) is 7.90. The second kappa shape index (κ2) is 10.8. The van der Waals surface area contributed by atoms with Gasteiger partial charge in [0.05, 0.1) is 12.2 Å². The van der Waals surface area contributed by atoms with E-state index in [-0.39, 0.29) is 17.7 Å². The molecular weight excluding hydrogens is 382 g/mol. The Morgan fingerprint density at radius 1 is 1.03 bits per heavy atom. The van der Waals surface area contributed by atoms with Gasteiger partial charge >= 0.3 is 0 Å². The number of para-hydroxylation sites is 2. The predicted molar refractivity (Wildman–Crippen MR) is 120 cm³/mol. The van der Waals surface area contributed by atoms with Crippen LogP contribution < -0.4 is 10.6 Å². The van der Waals surface area contributed by atoms with Crippen molar-refractivity contribution in [1.82, 2.24) is 4.90 Å². The van der Waals surface area contributed by atoms with E-state index in [1.165, 1.54) is 0 Å². The summed E-state index contributed by atoms with van der Waals surface area (Å²) in [5.74, 6) is 0.827. The van der Waals surface area contributed by atoms with Gasteiger partial charge in [-0.2, -0.15) is 0 Å². The molecule has 1 saturated heterocycles. The van der Waals surface area contributed by atoms with Crippen LogP contribution in [-0.2, 0) is 9.59 Å². The first-order chi connectivity index (χ1) is 14.2. The number of rotatable bonds is 8. The molecule has 0 atom stereocenters. The van der Waals surface area contributed by atoms with Gasteiger partial charge in [0.2, 0.25) is 11.8 Å². The van der Waals surface area contributed by atoms with Gasteiger partial charge < -0.3 is 10.6 Å². The molecule has 2 amide bonds. The normalized spacial score (nSPS) is 14.9. The molecule has 5 nitrogen and oxygen atoms in total. The van der Waals surface area contributed by atoms with Crippen LogP contribution in [0.15, 0.2) is 72.1 Å². The second-order valence-electron chi connectivity index (χ2n) is 7.05. The smallest absolute Gasteiger partial charge is 0.238 e. The third-order valence-corrected chi connectivity index (χ3v) is 5.95. The van der Waals surface area contributed by atoms with E-state index in [0.29, 0.717) is 6.54 Å². The van der Waals surface area contributed by atoms with Crippen LogP contribution in [0.5, 0.6) is 0 Å². The van der Waals surface area contributed by atoms with E-state index in [2.05, 4.69) is 22.1 Å². The molecule has 1 aliphatic heterocycles. The summed E-state index contributed by atoms with van der Waals surface area (Å²) in [5.41, 5.74) is 1.66. The average Bonchev–Trinajstić information content (AvgIpc) is 2.74. The predicted octanol–water partition coefficient (Wildman–Crippen LogP) is 4.25. The van der Waals surface area contributed by atoms with E-state index in [4.69, 9.17) is 0 Å². The van der Waals surface area contributed by atoms with Crippen molar-refractivity contribution < 1.29 is 9.59 Å². The minimum absolute atomic E-state index is 0.00875. The zero-order valence-corrected chi connectivity index (χ0v) is 17.3. The number of carbonyl (C=O) groups is 2. The summed E-state index contributed by atoms with van der Waals surface area (Å²) >= 11 is 1.65. The molecule has 0 unspecified atom stereocenters. The minimum Gasteiger partial charge on any atom is -0.326 e. The Balaban J connectivity index is 1.45. The molecule has 0 spiro atoms. The summed E-state index contributed by atoms with van der Waals surface area (Å²) in [5, 5.41) is 6.00. The highest BCUT2D eigenvalue weighted by atomic mass is 32.2. The molecule has 2 aromatic rings. The number of thioether (sulfide) groups is 1. The fourth-order valence-electron chi connectivity index (χ4n) is 3.36. The molecule has 6 heteroatoms. The summed E-state index contributed by atoms with van der Waals surface area (Å²) in [4.78, 5) is 28.1. The molecule has 1 aliphatic rings. The standard InChI is InChI=1S/C23H27N3O2S/c1-2-16-29-21-11-7-6-10-20(21)25-22(27)17-26-14-12-18(13-15-26)23(28)24-19-8-4-3-5-9-19/h2-11,18H,1,12-17H2,(H,24,28)(H,25,27). The molecule has 2 aromatic carbocycles. The first-order valence-electron chi connectivity index (χ1n) is 9.86. The van der Waals surface area contributed by atoms with E-state index in [9.17, 15) is 9.59 Å². The van der Waals surface area contributed by atoms with E-state index >= 15 is 0 Å². The lowest BCUT2D eigenvalue weighted by Crippen LogP contribution is -2.41. The molecule has 2 N–H and O–H groups in total. The highest BCUT2D eigenvalue weighted by Crippen LogP contribution is 2.27. The quantitative estimate of drug-likeness (QED) is 0.505. The summed E-state index contributed by atoms with van der Waals surface area (Å²) in [6.07, 6.45) is 3.37. The zero-order valence-electron chi connectivity index (χ0n) is 16.5. The van der Waals surface area contributed by atoms with Gasteiger partial charge in [-0.3, -0.25) is 14.5 Å². The van der Waals surface area contributed by atoms with Gasteiger partial charge in [0, 0.05) is 22.3 Å². The largest absolute Gasteiger partial charge is 0.326 e. The van der Waals surface area contributed by atoms with Gasteiger partial charge in [-0.25, -0.2) is 0 Å². The molecule has 0 radical (unpaired) electrons. The Labute approximate surface area is 176 Å². The molecule has 0 bridgehead atoms. The Morgan fingerprint density at radius 3 is 2.45 bits per heavy atom. The highest BCUT2D eigenvalue weighted by Gasteiger charge is 2.26. The molecule has 1 heterocycles. The van der Waals surface area contributed by atoms with E-state index in [1.54, 1.807) is 11.8 Å². The molecule has 1 fully saturated rings. The SMILES string of the molecule is C=CCSc1ccccc1NC(=O)CN1CCC(C(=O)Nc2ccccc2)CC1. The summed E-state index contributed by atoms with van der Waals surface area (Å²) in [6.45, 7) is 5.57. The number of nitrogens with one attached hydrogen (secondary N) is 2. The molecule has 3 rings (SSSR count). The average molecular weight is 410 g/mol. The van der Waals surface area contributed by atoms with Crippen LogP contribution in [0.3, 0.4) is 0 Å². The number of benzene rings is 2. The summed E-state index contributed by atoms with van der Waals surface area (Å²) < 4.78 is 0. The molecule has 0 saturated carbocycles. The van der Waals surface area contributed by atoms with Crippen molar-refractivity contribution in [1.29, 1.82) is 0 Å². The van der Waals surface area contributed by atoms with Crippen LogP contribution >= 0.6 is 11.8 Å². The third-order valence-electron chi connectivity index (χ3n) is 4.88. The van der Waals surface area contributed by atoms with Gasteiger partial charge in [-0.1, -0.05) is 36.4 Å². The first kappa shape index (κ1) is 21.1. The van der Waals surface area contributed by atoms with Crippen LogP contribution in [0.1, 0.15) is 12.8 Å². The van der Waals surface area contributed by atoms with Crippen molar-refractivity contribution in [3.05, 3.63) is 67.3 Å². The number of carbonyl (C=O) groups excluding carboxylic acids is 2. The topological polar surface area (TPSA) is 61.4 Å². The van der Waals surface area contributed by atoms with Crippen LogP contribution in [0, 0.1) is 5.92 Å². The number of anilines is 2. The lowest BCUT2D eigenvalue weighted by molar-refractivity contribution is -0.121. The van der Waals surface area contributed by atoms with Crippen molar-refractivity contribution in [2.45, 2.75) is 17.7 Å². The van der Waals surface area contributed by atoms with E-state index in [1.807, 2.05) is 60.7 Å². The van der Waals surface area contributed by atoms with E-state index in [0.717, 1.165) is 48.0 Å². The van der Waals surface area contributed by atoms with Gasteiger partial charge in [-0.15, -0.1) is 18.3 Å². The number of hydrogen-bond acceptors (Lipinski definition) is 4. The maximum absolute atomic E-state index is 12.5. The second-order valence-corrected chi connectivity index (χ2v) is 8.11. The van der Waals surface area contributed by atoms with Crippen molar-refractivity contribution in [2.24, 2.45) is 5.92 Å². The Bertz CT molecular complexity index is 833. The fourth-order valence-corrected chi connectivity index (χ4v) is 4.10. The molecular formula is C23H27N3O2S. The number of nitrogens with zero attached hydrogens (tertiary/aromatic N) is 1. The lowest BCUT2D eigenvalue weighted by atomic mass is 9.96. The monoisotopic (exact) mass is 409 g/mol. The summed E-state index contributed by atoms with van der Waals surface area (Å²) in [7, 11) is 0. The molecule has 0 aliphatic carbocycles. The van der Waals surface area contributed by atoms with Gasteiger partial charge in [0.25, 0.3) is 0 Å². The minimum atomic E-state index is -0.0242. The number of likely N-dealkylation sites (tertiary alicyclic amines) is 1. The van der Waals surface area contributed by atoms with Gasteiger partial charge in [0.1, 0.15) is 0 Å². The maximum Gasteiger partial charge on any atom is 0.238 e. The number of hydrogen-bond donors (Lipinski definition) is 2. The molecule has 29 heavy (non-hydrogen) atoms. The van der Waals surface area contributed by atoms with Crippen molar-refractivity contribution >= 4 is 35.0 Å². The van der Waals surface area contributed by atoms with Crippen molar-refractivity contribution in [3.63, 3.8) is 0 Å². The van der Waals surface area contributed by atoms with Crippen molar-refractivity contribution in [2.75, 3.05) is 36.0 Å². The Hall–Kier alpha value is -2.57. The summed E-state index contributed by atoms with van der Waals surface area (Å²) in [6, 6.07) is 17.3. The Morgan fingerprint density at radius 2 is 1.72 bits per heavy atom. The number of amides is 2. The number of piperidine rings is 1. The van der Waals surface area contributed by atoms with Crippen LogP contribution in [0.4, 0.5) is 11.4 Å². The molecule has 0 aromatic heterocycles. The zero-order chi connectivity index (χ0) is 20.5. The third kappa shape index (κ3) is 6.48. The van der Waals surface area contributed by atoms with E-state index < -0.39 is 0 Å². The van der Waals surface area contributed by atoms with Crippen LogP contribution in [0.2, 0.25) is 0 Å². The van der Waals surface area contributed by atoms with Crippen molar-refractivity contribution in [3.8, 4) is 0 Å². The first-order valence-corrected chi connectivity index (χ1v) is 10.8. The maximum atomic E-state index is 12.5. The fraction of sp³-hybridized carbons (Fsp3) is 0.304. The lowest BCUT2D eigenvalue weighted by Gasteiger charge is -2.30. The molecule has 152 valence electrons. The highest BCUT2D eigenvalue weighted by molar-refractivity contribution is 7.99. The van der Waals surface area contributed by atoms with Crippen LogP contribution in [0.25, 0.3) is 0 Å².